The number of aliphatic hydroxyl groups excluding tert-OH is 1. The van der Waals surface area contributed by atoms with Crippen LogP contribution >= 0.6 is 0 Å². The minimum atomic E-state index is -1.55. The number of nitrogens with zero attached hydrogens (tertiary/aromatic N) is 1. The van der Waals surface area contributed by atoms with Crippen LogP contribution in [0.15, 0.2) is 0 Å². The van der Waals surface area contributed by atoms with Crippen LogP contribution in [0.1, 0.15) is 78.1 Å². The van der Waals surface area contributed by atoms with Crippen molar-refractivity contribution in [1.82, 2.24) is 42.1 Å². The molecule has 15 N–H and O–H groups in total. The Morgan fingerprint density at radius 1 is 0.714 bits per heavy atom. The van der Waals surface area contributed by atoms with Crippen molar-refractivity contribution in [1.29, 1.82) is 0 Å². The molecule has 0 radical (unpaired) electrons. The summed E-state index contributed by atoms with van der Waals surface area (Å²) in [6.45, 7) is 3.14. The molecule has 0 aromatic rings. The molecule has 0 spiro atoms. The van der Waals surface area contributed by atoms with E-state index in [0.29, 0.717) is 38.8 Å². The molecule has 0 aromatic heterocycles. The van der Waals surface area contributed by atoms with Gasteiger partial charge in [0, 0.05) is 6.54 Å². The molecule has 7 amide bonds. The molecular formula is C35H63N11O10. The first-order chi connectivity index (χ1) is 26.7. The second kappa shape index (κ2) is 24.9. The number of nitrogens with one attached hydrogen (secondary N) is 7. The van der Waals surface area contributed by atoms with Crippen LogP contribution in [0, 0.1) is 5.92 Å². The van der Waals surface area contributed by atoms with Gasteiger partial charge in [-0.3, -0.25) is 33.6 Å². The Bertz CT molecular complexity index is 1350. The number of hydrogen-bond donors (Lipinski definition) is 12. The molecule has 0 aromatic carbocycles. The number of carbonyl (C=O) groups is 8. The predicted octanol–water partition coefficient (Wildman–Crippen LogP) is -4.78. The van der Waals surface area contributed by atoms with Gasteiger partial charge in [-0.05, 0) is 96.3 Å². The Balaban J connectivity index is 2.08. The van der Waals surface area contributed by atoms with E-state index in [9.17, 15) is 48.6 Å². The van der Waals surface area contributed by atoms with E-state index in [2.05, 4.69) is 37.2 Å². The third kappa shape index (κ3) is 15.2. The van der Waals surface area contributed by atoms with Gasteiger partial charge in [0.15, 0.2) is 0 Å². The van der Waals surface area contributed by atoms with E-state index < -0.39 is 96.7 Å². The molecule has 0 unspecified atom stereocenters. The molecule has 0 bridgehead atoms. The van der Waals surface area contributed by atoms with E-state index in [-0.39, 0.29) is 44.3 Å². The van der Waals surface area contributed by atoms with Gasteiger partial charge in [0.05, 0.1) is 19.2 Å². The van der Waals surface area contributed by atoms with Gasteiger partial charge < -0.3 is 69.5 Å². The Labute approximate surface area is 327 Å². The van der Waals surface area contributed by atoms with Gasteiger partial charge in [0.1, 0.15) is 36.3 Å². The second-order valence-electron chi connectivity index (χ2n) is 14.4. The fraction of sp³-hybridized carbons (Fsp3) is 0.771. The summed E-state index contributed by atoms with van der Waals surface area (Å²) < 4.78 is 0. The number of carboxylic acid groups (broad SMARTS) is 1. The lowest BCUT2D eigenvalue weighted by Gasteiger charge is -2.36. The van der Waals surface area contributed by atoms with Crippen molar-refractivity contribution >= 4 is 47.3 Å². The van der Waals surface area contributed by atoms with Crippen molar-refractivity contribution in [3.63, 3.8) is 0 Å². The molecule has 2 aliphatic rings. The summed E-state index contributed by atoms with van der Waals surface area (Å²) in [5.74, 6) is -6.53. The van der Waals surface area contributed by atoms with Crippen molar-refractivity contribution in [2.75, 3.05) is 45.9 Å². The highest BCUT2D eigenvalue weighted by atomic mass is 16.4. The molecule has 2 rings (SSSR count). The maximum atomic E-state index is 13.6. The van der Waals surface area contributed by atoms with Gasteiger partial charge in [-0.15, -0.1) is 0 Å². The lowest BCUT2D eigenvalue weighted by Crippen LogP contribution is -2.60. The fourth-order valence-corrected chi connectivity index (χ4v) is 6.51. The standard InChI is InChI=1S/C35H63N11O10/c1-20(2)28(35(55)56)45-32(52)25(19-47)44-31(51)23(12-15-38)43-29(49)21(8-3-5-13-36)42-30(50)22(11-14-37)41-27(48)18-40-33(53)26-10-4-6-17-46(26)34(54)24-9-7-16-39-24/h20-26,28,39,47H,3-19,36-38H2,1-2H3,(H,40,53)(H,41,48)(H,42,50)(H,43,49)(H,44,51)(H,45,52)(H,55,56)/t21-,22-,23-,24-,25-,26-,28-/m0/s1. The SMILES string of the molecule is CC(C)[C@H](NC(=O)[C@H](CO)NC(=O)[C@H](CCN)NC(=O)[C@H](CCCCN)NC(=O)[C@H](CCN)NC(=O)CNC(=O)[C@@H]1CCCCN1C(=O)[C@@H]1CCCN1)C(=O)O. The second-order valence-corrected chi connectivity index (χ2v) is 14.4. The van der Waals surface area contributed by atoms with Crippen LogP contribution in [-0.2, 0) is 38.4 Å². The Hall–Kier alpha value is -4.44. The number of nitrogens with two attached hydrogens (primary N) is 3. The Kier molecular flexibility index (Phi) is 21.3. The first kappa shape index (κ1) is 47.7. The molecule has 56 heavy (non-hydrogen) atoms. The Morgan fingerprint density at radius 2 is 1.29 bits per heavy atom. The smallest absolute Gasteiger partial charge is 0.326 e. The monoisotopic (exact) mass is 797 g/mol. The number of carbonyl (C=O) groups excluding carboxylic acids is 7. The number of aliphatic hydroxyl groups is 1. The van der Waals surface area contributed by atoms with Crippen LogP contribution in [0.3, 0.4) is 0 Å². The third-order valence-electron chi connectivity index (χ3n) is 9.69. The Morgan fingerprint density at radius 3 is 1.80 bits per heavy atom. The van der Waals surface area contributed by atoms with Crippen LogP contribution in [0.25, 0.3) is 0 Å². The molecule has 7 atom stereocenters. The van der Waals surface area contributed by atoms with Crippen LogP contribution in [0.4, 0.5) is 0 Å². The minimum absolute atomic E-state index is 0.0220. The number of likely N-dealkylation sites (tertiary alicyclic amines) is 1. The summed E-state index contributed by atoms with van der Waals surface area (Å²) >= 11 is 0. The van der Waals surface area contributed by atoms with Crippen LogP contribution in [0.2, 0.25) is 0 Å². The van der Waals surface area contributed by atoms with Gasteiger partial charge in [0.25, 0.3) is 0 Å². The normalized spacial score (nSPS) is 19.4. The molecule has 0 saturated carbocycles. The predicted molar refractivity (Wildman–Crippen MR) is 203 cm³/mol. The maximum absolute atomic E-state index is 13.6. The molecule has 21 nitrogen and oxygen atoms in total. The van der Waals surface area contributed by atoms with Crippen molar-refractivity contribution in [3.05, 3.63) is 0 Å². The van der Waals surface area contributed by atoms with E-state index in [1.54, 1.807) is 18.7 Å². The number of rotatable bonds is 24. The van der Waals surface area contributed by atoms with Crippen LogP contribution < -0.4 is 54.4 Å². The highest BCUT2D eigenvalue weighted by Gasteiger charge is 2.37. The van der Waals surface area contributed by atoms with Gasteiger partial charge in [-0.2, -0.15) is 0 Å². The quantitative estimate of drug-likeness (QED) is 0.0408. The molecule has 2 fully saturated rings. The molecular weight excluding hydrogens is 734 g/mol. The lowest BCUT2D eigenvalue weighted by molar-refractivity contribution is -0.144. The summed E-state index contributed by atoms with van der Waals surface area (Å²) in [4.78, 5) is 105. The average molecular weight is 798 g/mol. The fourth-order valence-electron chi connectivity index (χ4n) is 6.51. The highest BCUT2D eigenvalue weighted by Crippen LogP contribution is 2.20. The third-order valence-corrected chi connectivity index (χ3v) is 9.69. The van der Waals surface area contributed by atoms with Gasteiger partial charge in [-0.1, -0.05) is 13.8 Å². The van der Waals surface area contributed by atoms with Crippen molar-refractivity contribution in [2.24, 2.45) is 23.1 Å². The first-order valence-corrected chi connectivity index (χ1v) is 19.4. The molecule has 2 saturated heterocycles. The van der Waals surface area contributed by atoms with Crippen molar-refractivity contribution in [2.45, 2.75) is 120 Å². The highest BCUT2D eigenvalue weighted by molar-refractivity contribution is 5.97. The zero-order chi connectivity index (χ0) is 41.8. The van der Waals surface area contributed by atoms with E-state index >= 15 is 0 Å². The van der Waals surface area contributed by atoms with E-state index in [0.717, 1.165) is 25.8 Å². The largest absolute Gasteiger partial charge is 0.480 e. The zero-order valence-electron chi connectivity index (χ0n) is 32.5. The lowest BCUT2D eigenvalue weighted by atomic mass is 10.00. The van der Waals surface area contributed by atoms with Gasteiger partial charge in [-0.25, -0.2) is 4.79 Å². The van der Waals surface area contributed by atoms with Gasteiger partial charge >= 0.3 is 5.97 Å². The molecule has 0 aliphatic carbocycles. The summed E-state index contributed by atoms with van der Waals surface area (Å²) in [6, 6.07) is -7.66. The summed E-state index contributed by atoms with van der Waals surface area (Å²) in [7, 11) is 0. The van der Waals surface area contributed by atoms with Gasteiger partial charge in [0.2, 0.25) is 41.4 Å². The number of carboxylic acids is 1. The number of hydrogen-bond acceptors (Lipinski definition) is 13. The molecule has 2 aliphatic heterocycles. The van der Waals surface area contributed by atoms with Crippen molar-refractivity contribution in [3.8, 4) is 0 Å². The molecule has 2 heterocycles. The average Bonchev–Trinajstić information content (AvgIpc) is 3.72. The maximum Gasteiger partial charge on any atom is 0.326 e. The van der Waals surface area contributed by atoms with E-state index in [4.69, 9.17) is 17.2 Å². The molecule has 21 heteroatoms. The van der Waals surface area contributed by atoms with Crippen molar-refractivity contribution < 1.29 is 48.6 Å². The van der Waals surface area contributed by atoms with Crippen LogP contribution in [0.5, 0.6) is 0 Å². The topological polar surface area (TPSA) is 343 Å². The summed E-state index contributed by atoms with van der Waals surface area (Å²) in [6.07, 6.45) is 4.38. The number of piperidine rings is 1. The molecule has 318 valence electrons. The minimum Gasteiger partial charge on any atom is -0.480 e. The van der Waals surface area contributed by atoms with E-state index in [1.807, 2.05) is 0 Å². The van der Waals surface area contributed by atoms with E-state index in [1.165, 1.54) is 0 Å². The zero-order valence-corrected chi connectivity index (χ0v) is 32.5. The number of aliphatic carboxylic acids is 1. The number of unbranched alkanes of at least 4 members (excludes halogenated alkanes) is 1. The number of amides is 7. The first-order valence-electron chi connectivity index (χ1n) is 19.4. The summed E-state index contributed by atoms with van der Waals surface area (Å²) in [5, 5.41) is 37.2. The summed E-state index contributed by atoms with van der Waals surface area (Å²) in [5.41, 5.74) is 17.1. The van der Waals surface area contributed by atoms with Crippen LogP contribution in [-0.4, -0.2) is 151 Å².